The number of aromatic nitrogens is 2. The molecule has 0 saturated carbocycles. The Morgan fingerprint density at radius 1 is 1.15 bits per heavy atom. The Kier molecular flexibility index (Phi) is 5.73. The Labute approximate surface area is 161 Å². The van der Waals surface area contributed by atoms with Crippen LogP contribution in [0.2, 0.25) is 5.02 Å². The van der Waals surface area contributed by atoms with Crippen molar-refractivity contribution in [1.29, 1.82) is 0 Å². The number of carbonyl (C=O) groups excluding carboxylic acids is 1. The van der Waals surface area contributed by atoms with Crippen LogP contribution in [0.4, 0.5) is 0 Å². The molecule has 0 aliphatic heterocycles. The maximum atomic E-state index is 12.2. The van der Waals surface area contributed by atoms with Gasteiger partial charge >= 0.3 is 0 Å². The molecule has 0 fully saturated rings. The third-order valence-electron chi connectivity index (χ3n) is 3.77. The van der Waals surface area contributed by atoms with Crippen molar-refractivity contribution in [2.24, 2.45) is 5.10 Å². The number of halogens is 1. The van der Waals surface area contributed by atoms with Crippen molar-refractivity contribution in [3.8, 4) is 22.8 Å². The normalized spacial score (nSPS) is 10.8. The summed E-state index contributed by atoms with van der Waals surface area (Å²) in [6, 6.07) is 14.1. The number of ether oxygens (including phenoxy) is 2. The van der Waals surface area contributed by atoms with E-state index in [1.54, 1.807) is 50.6 Å². The number of methoxy groups -OCH3 is 2. The average Bonchev–Trinajstić information content (AvgIpc) is 3.19. The molecule has 0 radical (unpaired) electrons. The molecule has 0 bridgehead atoms. The summed E-state index contributed by atoms with van der Waals surface area (Å²) < 4.78 is 10.4. The van der Waals surface area contributed by atoms with Crippen molar-refractivity contribution < 1.29 is 14.3 Å². The van der Waals surface area contributed by atoms with Gasteiger partial charge in [0.2, 0.25) is 0 Å². The van der Waals surface area contributed by atoms with Crippen molar-refractivity contribution >= 4 is 23.7 Å². The number of H-pyrrole nitrogens is 1. The SMILES string of the molecule is COc1ccc(/C=N/NC(=O)c2cc(-c3ccc(Cl)cc3)n[nH]2)c(OC)c1. The molecular formula is C19H17ClN4O3. The number of rotatable bonds is 6. The number of nitrogens with zero attached hydrogens (tertiary/aromatic N) is 2. The largest absolute Gasteiger partial charge is 0.497 e. The number of hydrogen-bond acceptors (Lipinski definition) is 5. The molecule has 3 aromatic rings. The molecule has 1 amide bonds. The molecule has 7 nitrogen and oxygen atoms in total. The highest BCUT2D eigenvalue weighted by atomic mass is 35.5. The number of carbonyl (C=O) groups is 1. The number of benzene rings is 2. The third kappa shape index (κ3) is 4.45. The summed E-state index contributed by atoms with van der Waals surface area (Å²) in [5.41, 5.74) is 4.93. The van der Waals surface area contributed by atoms with Gasteiger partial charge in [0, 0.05) is 22.2 Å². The van der Waals surface area contributed by atoms with Crippen LogP contribution in [0.15, 0.2) is 53.6 Å². The Morgan fingerprint density at radius 2 is 1.93 bits per heavy atom. The van der Waals surface area contributed by atoms with Crippen molar-refractivity contribution in [1.82, 2.24) is 15.6 Å². The Balaban J connectivity index is 1.68. The lowest BCUT2D eigenvalue weighted by molar-refractivity contribution is 0.0950. The van der Waals surface area contributed by atoms with Crippen LogP contribution in [-0.4, -0.2) is 36.5 Å². The minimum atomic E-state index is -0.411. The van der Waals surface area contributed by atoms with E-state index in [4.69, 9.17) is 21.1 Å². The molecule has 0 saturated heterocycles. The van der Waals surface area contributed by atoms with Crippen LogP contribution in [0.25, 0.3) is 11.3 Å². The number of amides is 1. The molecule has 0 aliphatic carbocycles. The van der Waals surface area contributed by atoms with Crippen LogP contribution in [-0.2, 0) is 0 Å². The van der Waals surface area contributed by atoms with E-state index >= 15 is 0 Å². The molecule has 2 N–H and O–H groups in total. The first-order valence-electron chi connectivity index (χ1n) is 7.97. The van der Waals surface area contributed by atoms with Gasteiger partial charge < -0.3 is 9.47 Å². The molecular weight excluding hydrogens is 368 g/mol. The molecule has 1 heterocycles. The fourth-order valence-corrected chi connectivity index (χ4v) is 2.48. The fourth-order valence-electron chi connectivity index (χ4n) is 2.35. The van der Waals surface area contributed by atoms with E-state index < -0.39 is 5.91 Å². The average molecular weight is 385 g/mol. The van der Waals surface area contributed by atoms with Crippen LogP contribution >= 0.6 is 11.6 Å². The van der Waals surface area contributed by atoms with Crippen molar-refractivity contribution in [3.05, 3.63) is 64.8 Å². The van der Waals surface area contributed by atoms with Gasteiger partial charge in [-0.15, -0.1) is 0 Å². The number of aromatic amines is 1. The van der Waals surface area contributed by atoms with Gasteiger partial charge in [-0.1, -0.05) is 23.7 Å². The van der Waals surface area contributed by atoms with Crippen LogP contribution in [0, 0.1) is 0 Å². The van der Waals surface area contributed by atoms with Gasteiger partial charge in [-0.2, -0.15) is 10.2 Å². The maximum absolute atomic E-state index is 12.2. The summed E-state index contributed by atoms with van der Waals surface area (Å²) in [4.78, 5) is 12.2. The summed E-state index contributed by atoms with van der Waals surface area (Å²) in [5.74, 6) is 0.839. The molecule has 1 aromatic heterocycles. The number of nitrogens with one attached hydrogen (secondary N) is 2. The Morgan fingerprint density at radius 3 is 2.63 bits per heavy atom. The van der Waals surface area contributed by atoms with E-state index in [1.807, 2.05) is 12.1 Å². The van der Waals surface area contributed by atoms with Gasteiger partial charge in [0.1, 0.15) is 17.2 Å². The molecule has 0 atom stereocenters. The molecule has 8 heteroatoms. The second-order valence-electron chi connectivity index (χ2n) is 5.48. The quantitative estimate of drug-likeness (QED) is 0.502. The van der Waals surface area contributed by atoms with Gasteiger partial charge in [0.15, 0.2) is 0 Å². The minimum absolute atomic E-state index is 0.291. The molecule has 3 rings (SSSR count). The maximum Gasteiger partial charge on any atom is 0.289 e. The zero-order chi connectivity index (χ0) is 19.2. The lowest BCUT2D eigenvalue weighted by Gasteiger charge is -2.06. The first-order chi connectivity index (χ1) is 13.1. The molecule has 0 spiro atoms. The zero-order valence-corrected chi connectivity index (χ0v) is 15.4. The van der Waals surface area contributed by atoms with E-state index in [9.17, 15) is 4.79 Å². The Bertz CT molecular complexity index is 967. The minimum Gasteiger partial charge on any atom is -0.497 e. The highest BCUT2D eigenvalue weighted by Gasteiger charge is 2.10. The lowest BCUT2D eigenvalue weighted by atomic mass is 10.1. The van der Waals surface area contributed by atoms with Gasteiger partial charge in [0.25, 0.3) is 5.91 Å². The van der Waals surface area contributed by atoms with Gasteiger partial charge in [-0.05, 0) is 30.3 Å². The fraction of sp³-hybridized carbons (Fsp3) is 0.105. The lowest BCUT2D eigenvalue weighted by Crippen LogP contribution is -2.18. The van der Waals surface area contributed by atoms with Gasteiger partial charge in [0.05, 0.1) is 26.1 Å². The van der Waals surface area contributed by atoms with E-state index in [-0.39, 0.29) is 0 Å². The van der Waals surface area contributed by atoms with E-state index in [0.29, 0.717) is 33.5 Å². The second kappa shape index (κ2) is 8.37. The third-order valence-corrected chi connectivity index (χ3v) is 4.02. The van der Waals surface area contributed by atoms with Crippen molar-refractivity contribution in [2.75, 3.05) is 14.2 Å². The van der Waals surface area contributed by atoms with Gasteiger partial charge in [-0.3, -0.25) is 9.89 Å². The standard InChI is InChI=1S/C19H17ClN4O3/c1-26-15-8-5-13(18(9-15)27-2)11-21-24-19(25)17-10-16(22-23-17)12-3-6-14(20)7-4-12/h3-11H,1-2H3,(H,22,23)(H,24,25)/b21-11+. The smallest absolute Gasteiger partial charge is 0.289 e. The molecule has 0 unspecified atom stereocenters. The zero-order valence-electron chi connectivity index (χ0n) is 14.7. The van der Waals surface area contributed by atoms with Crippen LogP contribution in [0.5, 0.6) is 11.5 Å². The summed E-state index contributed by atoms with van der Waals surface area (Å²) in [7, 11) is 3.12. The predicted octanol–water partition coefficient (Wildman–Crippen LogP) is 3.51. The highest BCUT2D eigenvalue weighted by Crippen LogP contribution is 2.23. The van der Waals surface area contributed by atoms with Crippen LogP contribution in [0.1, 0.15) is 16.1 Å². The summed E-state index contributed by atoms with van der Waals surface area (Å²) >= 11 is 5.88. The van der Waals surface area contributed by atoms with Crippen molar-refractivity contribution in [3.63, 3.8) is 0 Å². The van der Waals surface area contributed by atoms with E-state index in [1.165, 1.54) is 6.21 Å². The van der Waals surface area contributed by atoms with Crippen LogP contribution in [0.3, 0.4) is 0 Å². The Hall–Kier alpha value is -3.32. The number of hydrogen-bond donors (Lipinski definition) is 2. The first kappa shape index (κ1) is 18.5. The van der Waals surface area contributed by atoms with E-state index in [0.717, 1.165) is 5.56 Å². The van der Waals surface area contributed by atoms with Crippen LogP contribution < -0.4 is 14.9 Å². The first-order valence-corrected chi connectivity index (χ1v) is 8.35. The van der Waals surface area contributed by atoms with Gasteiger partial charge in [-0.25, -0.2) is 5.43 Å². The monoisotopic (exact) mass is 384 g/mol. The molecule has 138 valence electrons. The molecule has 27 heavy (non-hydrogen) atoms. The summed E-state index contributed by atoms with van der Waals surface area (Å²) in [6.07, 6.45) is 1.49. The second-order valence-corrected chi connectivity index (χ2v) is 5.92. The highest BCUT2D eigenvalue weighted by molar-refractivity contribution is 6.30. The predicted molar refractivity (Wildman–Crippen MR) is 104 cm³/mol. The molecule has 2 aromatic carbocycles. The topological polar surface area (TPSA) is 88.6 Å². The molecule has 0 aliphatic rings. The summed E-state index contributed by atoms with van der Waals surface area (Å²) in [6.45, 7) is 0. The summed E-state index contributed by atoms with van der Waals surface area (Å²) in [5, 5.41) is 11.4. The van der Waals surface area contributed by atoms with E-state index in [2.05, 4.69) is 20.7 Å². The van der Waals surface area contributed by atoms with Crippen molar-refractivity contribution in [2.45, 2.75) is 0 Å². The number of hydrazone groups is 1.